The third kappa shape index (κ3) is 3.13. The first-order valence-corrected chi connectivity index (χ1v) is 6.82. The number of hydrogen-bond donors (Lipinski definition) is 0. The van der Waals surface area contributed by atoms with E-state index in [4.69, 9.17) is 0 Å². The average molecular weight is 243 g/mol. The topological polar surface area (TPSA) is 0 Å². The Kier molecular flexibility index (Phi) is 3.58. The van der Waals surface area contributed by atoms with Crippen molar-refractivity contribution in [3.63, 3.8) is 0 Å². The van der Waals surface area contributed by atoms with E-state index in [0.29, 0.717) is 0 Å². The van der Waals surface area contributed by atoms with Crippen molar-refractivity contribution in [3.05, 3.63) is 65.7 Å². The van der Waals surface area contributed by atoms with Crippen molar-refractivity contribution in [1.29, 1.82) is 0 Å². The van der Waals surface area contributed by atoms with Gasteiger partial charge in [0.1, 0.15) is 0 Å². The minimum absolute atomic E-state index is 0.163. The van der Waals surface area contributed by atoms with Gasteiger partial charge in [-0.15, -0.1) is 0 Å². The first-order valence-electron chi connectivity index (χ1n) is 5.93. The molecule has 0 aliphatic rings. The standard InChI is InChI=1S/C16H18S/c1-13-9-11-15(12-10-13)17-16(2,3)14-7-5-4-6-8-14/h4-12H,1-3H3/p+1. The number of aryl methyl sites for hydroxylation is 1. The molecule has 1 heteroatoms. The van der Waals surface area contributed by atoms with E-state index in [1.807, 2.05) is 0 Å². The fourth-order valence-electron chi connectivity index (χ4n) is 1.85. The van der Waals surface area contributed by atoms with E-state index in [2.05, 4.69) is 75.4 Å². The molecular weight excluding hydrogens is 224 g/mol. The summed E-state index contributed by atoms with van der Waals surface area (Å²) in [5.74, 6) is 0. The smallest absolute Gasteiger partial charge is 0.0622 e. The summed E-state index contributed by atoms with van der Waals surface area (Å²) in [6.07, 6.45) is 0. The molecule has 0 saturated heterocycles. The molecule has 0 heterocycles. The number of rotatable bonds is 3. The van der Waals surface area contributed by atoms with Crippen LogP contribution in [0.2, 0.25) is 0 Å². The van der Waals surface area contributed by atoms with Gasteiger partial charge < -0.3 is 0 Å². The Labute approximate surface area is 108 Å². The lowest BCUT2D eigenvalue weighted by molar-refractivity contribution is 0.779. The molecule has 2 aromatic rings. The lowest BCUT2D eigenvalue weighted by atomic mass is 10.0. The molecule has 2 rings (SSSR count). The van der Waals surface area contributed by atoms with Gasteiger partial charge in [0.2, 0.25) is 0 Å². The van der Waals surface area contributed by atoms with Crippen molar-refractivity contribution >= 4 is 11.8 Å². The summed E-state index contributed by atoms with van der Waals surface area (Å²) in [5.41, 5.74) is 2.71. The normalized spacial score (nSPS) is 11.5. The predicted molar refractivity (Wildman–Crippen MR) is 77.7 cm³/mol. The quantitative estimate of drug-likeness (QED) is 0.562. The first-order chi connectivity index (χ1) is 8.08. The van der Waals surface area contributed by atoms with E-state index in [1.54, 1.807) is 0 Å². The van der Waals surface area contributed by atoms with Gasteiger partial charge in [-0.05, 0) is 32.9 Å². The lowest BCUT2D eigenvalue weighted by Crippen LogP contribution is -2.19. The van der Waals surface area contributed by atoms with Crippen molar-refractivity contribution in [2.45, 2.75) is 30.4 Å². The highest BCUT2D eigenvalue weighted by atomic mass is 32.2. The van der Waals surface area contributed by atoms with E-state index >= 15 is 0 Å². The van der Waals surface area contributed by atoms with Gasteiger partial charge in [0, 0.05) is 17.3 Å². The van der Waals surface area contributed by atoms with Crippen molar-refractivity contribution < 1.29 is 0 Å². The third-order valence-electron chi connectivity index (χ3n) is 2.92. The molecular formula is C16H19S+. The number of benzene rings is 2. The van der Waals surface area contributed by atoms with E-state index in [0.717, 1.165) is 0 Å². The molecule has 17 heavy (non-hydrogen) atoms. The summed E-state index contributed by atoms with van der Waals surface area (Å²) in [4.78, 5) is 1.38. The maximum atomic E-state index is 2.30. The maximum Gasteiger partial charge on any atom is 0.153 e. The zero-order valence-corrected chi connectivity index (χ0v) is 11.5. The van der Waals surface area contributed by atoms with Crippen molar-refractivity contribution in [2.24, 2.45) is 0 Å². The van der Waals surface area contributed by atoms with Crippen LogP contribution in [0.4, 0.5) is 0 Å². The Morgan fingerprint density at radius 3 is 2.00 bits per heavy atom. The van der Waals surface area contributed by atoms with Gasteiger partial charge in [-0.25, -0.2) is 0 Å². The highest BCUT2D eigenvalue weighted by Gasteiger charge is 2.29. The number of thiol groups is 1. The molecule has 0 N–H and O–H groups in total. The fourth-order valence-corrected chi connectivity index (χ4v) is 3.07. The Balaban J connectivity index is 2.20. The van der Waals surface area contributed by atoms with Crippen LogP contribution in [0.25, 0.3) is 0 Å². The van der Waals surface area contributed by atoms with Gasteiger partial charge in [-0.1, -0.05) is 48.0 Å². The molecule has 88 valence electrons. The predicted octanol–water partition coefficient (Wildman–Crippen LogP) is 4.10. The summed E-state index contributed by atoms with van der Waals surface area (Å²) < 4.78 is 0.163. The molecule has 0 aromatic heterocycles. The van der Waals surface area contributed by atoms with E-state index < -0.39 is 0 Å². The molecule has 0 spiro atoms. The monoisotopic (exact) mass is 243 g/mol. The molecule has 0 aliphatic carbocycles. The van der Waals surface area contributed by atoms with E-state index in [9.17, 15) is 0 Å². The molecule has 0 saturated carbocycles. The minimum Gasteiger partial charge on any atom is -0.0622 e. The molecule has 0 atom stereocenters. The van der Waals surface area contributed by atoms with Crippen molar-refractivity contribution in [2.75, 3.05) is 0 Å². The molecule has 2 aromatic carbocycles. The second-order valence-electron chi connectivity index (χ2n) is 4.87. The maximum absolute atomic E-state index is 2.30. The van der Waals surface area contributed by atoms with E-state index in [-0.39, 0.29) is 4.75 Å². The Morgan fingerprint density at radius 1 is 0.824 bits per heavy atom. The van der Waals surface area contributed by atoms with Crippen molar-refractivity contribution in [1.82, 2.24) is 0 Å². The SMILES string of the molecule is Cc1ccc([SH+]C(C)(C)c2ccccc2)cc1. The average Bonchev–Trinajstić information content (AvgIpc) is 2.33. The molecule has 0 amide bonds. The summed E-state index contributed by atoms with van der Waals surface area (Å²) in [6, 6.07) is 19.5. The minimum atomic E-state index is 0.163. The summed E-state index contributed by atoms with van der Waals surface area (Å²) >= 11 is 1.36. The highest BCUT2D eigenvalue weighted by Crippen LogP contribution is 2.28. The van der Waals surface area contributed by atoms with Crippen LogP contribution in [-0.2, 0) is 16.5 Å². The summed E-state index contributed by atoms with van der Waals surface area (Å²) in [5, 5.41) is 0. The summed E-state index contributed by atoms with van der Waals surface area (Å²) in [7, 11) is 0. The highest BCUT2D eigenvalue weighted by molar-refractivity contribution is 7.79. The first kappa shape index (κ1) is 12.3. The third-order valence-corrected chi connectivity index (χ3v) is 4.30. The van der Waals surface area contributed by atoms with E-state index in [1.165, 1.54) is 27.8 Å². The van der Waals surface area contributed by atoms with Crippen LogP contribution < -0.4 is 0 Å². The molecule has 0 radical (unpaired) electrons. The molecule has 0 unspecified atom stereocenters. The Morgan fingerprint density at radius 2 is 1.41 bits per heavy atom. The summed E-state index contributed by atoms with van der Waals surface area (Å²) in [6.45, 7) is 6.72. The Bertz CT molecular complexity index is 469. The second-order valence-corrected chi connectivity index (χ2v) is 6.73. The van der Waals surface area contributed by atoms with Gasteiger partial charge in [0.15, 0.2) is 9.64 Å². The van der Waals surface area contributed by atoms with Crippen molar-refractivity contribution in [3.8, 4) is 0 Å². The number of hydrogen-bond acceptors (Lipinski definition) is 0. The Hall–Kier alpha value is -1.21. The van der Waals surface area contributed by atoms with Crippen LogP contribution in [0.3, 0.4) is 0 Å². The van der Waals surface area contributed by atoms with Crippen LogP contribution in [0, 0.1) is 6.92 Å². The van der Waals surface area contributed by atoms with Gasteiger partial charge in [0.25, 0.3) is 0 Å². The van der Waals surface area contributed by atoms with Crippen LogP contribution in [0.15, 0.2) is 59.5 Å². The molecule has 0 bridgehead atoms. The zero-order valence-electron chi connectivity index (χ0n) is 10.6. The second kappa shape index (κ2) is 4.97. The van der Waals surface area contributed by atoms with Gasteiger partial charge in [0.05, 0.1) is 0 Å². The van der Waals surface area contributed by atoms with Crippen LogP contribution in [0.5, 0.6) is 0 Å². The lowest BCUT2D eigenvalue weighted by Gasteiger charge is -2.16. The molecule has 0 fully saturated rings. The van der Waals surface area contributed by atoms with Crippen LogP contribution in [-0.4, -0.2) is 0 Å². The fraction of sp³-hybridized carbons (Fsp3) is 0.250. The largest absolute Gasteiger partial charge is 0.153 e. The van der Waals surface area contributed by atoms with Gasteiger partial charge in [-0.3, -0.25) is 0 Å². The van der Waals surface area contributed by atoms with Gasteiger partial charge in [-0.2, -0.15) is 0 Å². The van der Waals surface area contributed by atoms with Crippen LogP contribution >= 0.6 is 0 Å². The van der Waals surface area contributed by atoms with Gasteiger partial charge >= 0.3 is 0 Å². The molecule has 0 aliphatic heterocycles. The zero-order chi connectivity index (χ0) is 12.3. The van der Waals surface area contributed by atoms with Crippen LogP contribution in [0.1, 0.15) is 25.0 Å². The molecule has 0 nitrogen and oxygen atoms in total.